The first-order valence-corrected chi connectivity index (χ1v) is 23.0. The number of piperidine rings is 1. The fraction of sp³-hybridized carbons (Fsp3) is 0.771. The van der Waals surface area contributed by atoms with Gasteiger partial charge in [-0.1, -0.05) is 44.6 Å². The number of methoxy groups -OCH3 is 3. The molecule has 0 unspecified atom stereocenters. The first kappa shape index (κ1) is 52.3. The summed E-state index contributed by atoms with van der Waals surface area (Å²) in [6.07, 6.45) is 4.92. The second-order valence-corrected chi connectivity index (χ2v) is 18.8. The molecule has 0 aromatic carbocycles. The van der Waals surface area contributed by atoms with Gasteiger partial charge in [0, 0.05) is 59.2 Å². The molecule has 4 N–H and O–H groups in total. The Morgan fingerprint density at radius 2 is 1.63 bits per heavy atom. The summed E-state index contributed by atoms with van der Waals surface area (Å²) in [7, 11) is 4.68. The summed E-state index contributed by atoms with van der Waals surface area (Å²) >= 11 is 0. The number of rotatable bonds is 12. The van der Waals surface area contributed by atoms with E-state index in [0.29, 0.717) is 63.4 Å². The van der Waals surface area contributed by atoms with Crippen molar-refractivity contribution < 1.29 is 63.0 Å². The van der Waals surface area contributed by atoms with Crippen LogP contribution in [0.5, 0.6) is 0 Å². The highest BCUT2D eigenvalue weighted by atomic mass is 16.6. The van der Waals surface area contributed by atoms with Crippen LogP contribution in [0.2, 0.25) is 0 Å². The van der Waals surface area contributed by atoms with Gasteiger partial charge in [0.25, 0.3) is 11.7 Å². The van der Waals surface area contributed by atoms with Gasteiger partial charge in [0.15, 0.2) is 5.60 Å². The van der Waals surface area contributed by atoms with Crippen LogP contribution in [0.1, 0.15) is 112 Å². The predicted octanol–water partition coefficient (Wildman–Crippen LogP) is 4.75. The van der Waals surface area contributed by atoms with Gasteiger partial charge in [0.1, 0.15) is 24.0 Å². The maximum atomic E-state index is 15.0. The van der Waals surface area contributed by atoms with E-state index in [9.17, 15) is 34.5 Å². The molecule has 3 fully saturated rings. The highest BCUT2D eigenvalue weighted by molar-refractivity contribution is 6.39. The maximum absolute atomic E-state index is 15.0. The van der Waals surface area contributed by atoms with Crippen molar-refractivity contribution in [3.63, 3.8) is 0 Å². The summed E-state index contributed by atoms with van der Waals surface area (Å²) in [5, 5.41) is 34.8. The summed E-state index contributed by atoms with van der Waals surface area (Å²) in [6, 6.07) is -1.13. The number of ketones is 2. The Balaban J connectivity index is 1.84. The Hall–Kier alpha value is -3.31. The lowest BCUT2D eigenvalue weighted by Gasteiger charge is -2.50. The first-order chi connectivity index (χ1) is 29.9. The molecular formula is C48H76N2O13. The van der Waals surface area contributed by atoms with Crippen LogP contribution < -0.4 is 5.32 Å². The minimum atomic E-state index is -1.78. The number of allylic oxidation sites excluding steroid dienone is 4. The van der Waals surface area contributed by atoms with Crippen molar-refractivity contribution in [2.45, 2.75) is 166 Å². The highest BCUT2D eigenvalue weighted by Gasteiger charge is 2.57. The fourth-order valence-electron chi connectivity index (χ4n) is 10.3. The second-order valence-electron chi connectivity index (χ2n) is 18.8. The molecule has 4 aliphatic rings. The molecule has 2 saturated heterocycles. The molecule has 1 amide bonds. The number of aliphatic hydroxyl groups is 2. The molecule has 0 radical (unpaired) electrons. The molecule has 2 bridgehead atoms. The van der Waals surface area contributed by atoms with E-state index in [0.717, 1.165) is 5.57 Å². The Morgan fingerprint density at radius 1 is 0.952 bits per heavy atom. The zero-order valence-corrected chi connectivity index (χ0v) is 38.9. The molecule has 14 atom stereocenters. The van der Waals surface area contributed by atoms with E-state index < -0.39 is 89.6 Å². The van der Waals surface area contributed by atoms with Gasteiger partial charge in [0.2, 0.25) is 0 Å². The molecule has 4 rings (SSSR count). The van der Waals surface area contributed by atoms with Crippen molar-refractivity contribution in [1.82, 2.24) is 10.2 Å². The minimum absolute atomic E-state index is 0.00525. The third-order valence-corrected chi connectivity index (χ3v) is 14.0. The number of esters is 1. The van der Waals surface area contributed by atoms with E-state index in [2.05, 4.69) is 18.8 Å². The molecule has 15 heteroatoms. The number of hydrogen-bond acceptors (Lipinski definition) is 13. The third-order valence-electron chi connectivity index (χ3n) is 14.0. The Morgan fingerprint density at radius 3 is 2.29 bits per heavy atom. The molecular weight excluding hydrogens is 813 g/mol. The van der Waals surface area contributed by atoms with Crippen molar-refractivity contribution in [1.29, 1.82) is 0 Å². The average Bonchev–Trinajstić information content (AvgIpc) is 3.25. The Kier molecular flexibility index (Phi) is 20.2. The lowest BCUT2D eigenvalue weighted by molar-refractivity contribution is -0.233. The van der Waals surface area contributed by atoms with Crippen molar-refractivity contribution in [3.8, 4) is 0 Å². The highest BCUT2D eigenvalue weighted by Crippen LogP contribution is 2.40. The number of hydrogen-bond donors (Lipinski definition) is 4. The molecule has 3 aliphatic heterocycles. The number of aliphatic hydroxyl groups excluding tert-OH is 2. The monoisotopic (exact) mass is 889 g/mol. The summed E-state index contributed by atoms with van der Waals surface area (Å²) < 4.78 is 30.9. The van der Waals surface area contributed by atoms with Gasteiger partial charge in [-0.2, -0.15) is 0 Å². The van der Waals surface area contributed by atoms with E-state index in [-0.39, 0.29) is 62.6 Å². The number of Topliss-reactive ketones (excluding diaryl/α,β-unsaturated/α-hetero) is 2. The van der Waals surface area contributed by atoms with Crippen LogP contribution in [0.3, 0.4) is 0 Å². The Bertz CT molecular complexity index is 1650. The smallest absolute Gasteiger partial charge is 0.329 e. The van der Waals surface area contributed by atoms with Crippen molar-refractivity contribution in [3.05, 3.63) is 36.0 Å². The molecule has 63 heavy (non-hydrogen) atoms. The van der Waals surface area contributed by atoms with Gasteiger partial charge in [-0.3, -0.25) is 19.2 Å². The standard InChI is InChI=1S/C48H76N2O13/c1-10-13-34-21-28(2)20-29(3)22-40(60-8)44-41(61-9)24-31(5)48(63-44,27-49-18-17-42(54)55)45(56)46(57)50-19-12-11-14-35(50)47(58)62-43(32(6)37(52)26-38(34)53)30(4)23-33-15-16-36(51)39(25-33)59-7/h10,21,23,29,31-37,39-41,43-44,49,51-52H,1,11-20,22,24-27H2,2-9H3,(H,54,55)/b28-21+,30-23+/t29-,31+,32+,33-,34+,35-,36+,37-,39+,40-,41-,43+,44+,48+/m0/s1. The van der Waals surface area contributed by atoms with Crippen LogP contribution in [-0.2, 0) is 47.7 Å². The molecule has 1 aliphatic carbocycles. The van der Waals surface area contributed by atoms with Gasteiger partial charge < -0.3 is 49.2 Å². The molecule has 0 spiro atoms. The number of nitrogens with one attached hydrogen (secondary N) is 1. The average molecular weight is 889 g/mol. The van der Waals surface area contributed by atoms with Crippen molar-refractivity contribution in [2.75, 3.05) is 41.0 Å². The van der Waals surface area contributed by atoms with Crippen LogP contribution >= 0.6 is 0 Å². The fourth-order valence-corrected chi connectivity index (χ4v) is 10.3. The Labute approximate surface area is 374 Å². The molecule has 15 nitrogen and oxygen atoms in total. The number of carbonyl (C=O) groups is 5. The first-order valence-electron chi connectivity index (χ1n) is 23.0. The number of aliphatic carboxylic acids is 1. The van der Waals surface area contributed by atoms with Crippen molar-refractivity contribution >= 4 is 29.4 Å². The molecule has 356 valence electrons. The number of fused-ring (bicyclic) bond motifs is 3. The van der Waals surface area contributed by atoms with Crippen LogP contribution in [0, 0.1) is 29.6 Å². The summed E-state index contributed by atoms with van der Waals surface area (Å²) in [5.41, 5.74) is -0.168. The van der Waals surface area contributed by atoms with Crippen LogP contribution in [0.25, 0.3) is 0 Å². The van der Waals surface area contributed by atoms with E-state index in [4.69, 9.17) is 23.7 Å². The second kappa shape index (κ2) is 24.3. The number of carbonyl (C=O) groups excluding carboxylic acids is 4. The van der Waals surface area contributed by atoms with Crippen molar-refractivity contribution in [2.24, 2.45) is 29.6 Å². The maximum Gasteiger partial charge on any atom is 0.329 e. The molecule has 3 heterocycles. The zero-order valence-electron chi connectivity index (χ0n) is 38.9. The summed E-state index contributed by atoms with van der Waals surface area (Å²) in [5.74, 6) is -5.62. The lowest BCUT2D eigenvalue weighted by Crippen LogP contribution is -2.67. The number of amides is 1. The van der Waals surface area contributed by atoms with Crippen LogP contribution in [0.15, 0.2) is 36.0 Å². The van der Waals surface area contributed by atoms with Gasteiger partial charge in [-0.05, 0) is 101 Å². The quantitative estimate of drug-likeness (QED) is 0.0903. The van der Waals surface area contributed by atoms with E-state index in [1.54, 1.807) is 34.3 Å². The van der Waals surface area contributed by atoms with Crippen LogP contribution in [-0.4, -0.2) is 145 Å². The SMILES string of the molecule is C=CC[C@@H]1/C=C(\C)C[C@H](C)C[C@H](OC)[C@H]2O[C@@](CNCCC(=O)O)(C(=O)C(=O)N3CCCC[C@H]3C(=O)O[C@H](/C(C)=C/[C@@H]3CC[C@@H](O)[C@H](OC)C3)[C@H](C)[C@@H](O)CC1=O)[C@H](C)C[C@@H]2OC. The number of cyclic esters (lactones) is 1. The number of ether oxygens (including phenoxy) is 5. The predicted molar refractivity (Wildman–Crippen MR) is 235 cm³/mol. The van der Waals surface area contributed by atoms with E-state index in [1.165, 1.54) is 4.90 Å². The summed E-state index contributed by atoms with van der Waals surface area (Å²) in [6.45, 7) is 13.2. The molecule has 0 aromatic rings. The topological polar surface area (TPSA) is 207 Å². The van der Waals surface area contributed by atoms with Gasteiger partial charge in [-0.15, -0.1) is 6.58 Å². The van der Waals surface area contributed by atoms with E-state index >= 15 is 4.79 Å². The van der Waals surface area contributed by atoms with E-state index in [1.807, 2.05) is 32.9 Å². The zero-order chi connectivity index (χ0) is 46.6. The van der Waals surface area contributed by atoms with Gasteiger partial charge in [0.05, 0.1) is 36.9 Å². The molecule has 1 saturated carbocycles. The van der Waals surface area contributed by atoms with Gasteiger partial charge in [-0.25, -0.2) is 4.79 Å². The number of nitrogens with zero attached hydrogens (tertiary/aromatic N) is 1. The van der Waals surface area contributed by atoms with Gasteiger partial charge >= 0.3 is 11.9 Å². The van der Waals surface area contributed by atoms with Crippen LogP contribution in [0.4, 0.5) is 0 Å². The number of carboxylic acids is 1. The normalized spacial score (nSPS) is 38.1. The minimum Gasteiger partial charge on any atom is -0.481 e. The number of carboxylic acid groups (broad SMARTS) is 1. The largest absolute Gasteiger partial charge is 0.481 e. The summed E-state index contributed by atoms with van der Waals surface area (Å²) in [4.78, 5) is 71.2. The lowest BCUT2D eigenvalue weighted by atomic mass is 9.75. The molecule has 0 aromatic heterocycles. The third kappa shape index (κ3) is 13.4.